The Labute approximate surface area is 99.8 Å². The summed E-state index contributed by atoms with van der Waals surface area (Å²) in [5, 5.41) is 0.600. The minimum atomic E-state index is -0.764. The molecule has 2 aliphatic rings. The van der Waals surface area contributed by atoms with Gasteiger partial charge in [-0.25, -0.2) is 4.79 Å². The topological polar surface area (TPSA) is 43.4 Å². The smallest absolute Gasteiger partial charge is 0.379 e. The third-order valence-electron chi connectivity index (χ3n) is 3.43. The maximum atomic E-state index is 11.8. The van der Waals surface area contributed by atoms with Crippen LogP contribution in [0, 0.1) is 11.8 Å². The highest BCUT2D eigenvalue weighted by atomic mass is 35.5. The molecule has 2 atom stereocenters. The number of allylic oxidation sites excluding steroid dienone is 1. The van der Waals surface area contributed by atoms with Crippen LogP contribution in [0.4, 0.5) is 0 Å². The van der Waals surface area contributed by atoms with Gasteiger partial charge in [0.2, 0.25) is 0 Å². The van der Waals surface area contributed by atoms with Gasteiger partial charge in [-0.05, 0) is 25.7 Å². The monoisotopic (exact) mass is 242 g/mol. The molecule has 88 valence electrons. The Bertz CT molecular complexity index is 359. The lowest BCUT2D eigenvalue weighted by Crippen LogP contribution is -2.38. The van der Waals surface area contributed by atoms with Gasteiger partial charge in [0.15, 0.2) is 0 Å². The highest BCUT2D eigenvalue weighted by molar-refractivity contribution is 6.45. The van der Waals surface area contributed by atoms with Crippen molar-refractivity contribution in [1.29, 1.82) is 0 Å². The van der Waals surface area contributed by atoms with Gasteiger partial charge in [-0.2, -0.15) is 0 Å². The lowest BCUT2D eigenvalue weighted by atomic mass is 9.65. The fraction of sp³-hybridized carbons (Fsp3) is 0.667. The van der Waals surface area contributed by atoms with Crippen molar-refractivity contribution in [3.63, 3.8) is 0 Å². The molecule has 3 nitrogen and oxygen atoms in total. The summed E-state index contributed by atoms with van der Waals surface area (Å²) in [5.41, 5.74) is 0.518. The van der Waals surface area contributed by atoms with E-state index in [2.05, 4.69) is 0 Å². The van der Waals surface area contributed by atoms with Gasteiger partial charge in [-0.15, -0.1) is 0 Å². The first-order valence-corrected chi connectivity index (χ1v) is 6.15. The third kappa shape index (κ3) is 1.77. The molecule has 0 N–H and O–H groups in total. The van der Waals surface area contributed by atoms with Crippen molar-refractivity contribution in [1.82, 2.24) is 0 Å². The van der Waals surface area contributed by atoms with Crippen molar-refractivity contribution in [2.75, 3.05) is 6.61 Å². The molecule has 0 aliphatic heterocycles. The first-order chi connectivity index (χ1) is 7.66. The highest BCUT2D eigenvalue weighted by Crippen LogP contribution is 2.51. The van der Waals surface area contributed by atoms with Gasteiger partial charge in [0.05, 0.1) is 6.61 Å². The molecule has 0 radical (unpaired) electrons. The second-order valence-corrected chi connectivity index (χ2v) is 4.72. The van der Waals surface area contributed by atoms with E-state index in [9.17, 15) is 9.59 Å². The van der Waals surface area contributed by atoms with Gasteiger partial charge in [0.25, 0.3) is 5.78 Å². The molecule has 0 aromatic heterocycles. The molecule has 0 saturated heterocycles. The summed E-state index contributed by atoms with van der Waals surface area (Å²) in [6, 6.07) is 0. The summed E-state index contributed by atoms with van der Waals surface area (Å²) in [5.74, 6) is -0.767. The van der Waals surface area contributed by atoms with Crippen LogP contribution >= 0.6 is 11.6 Å². The zero-order chi connectivity index (χ0) is 11.7. The third-order valence-corrected chi connectivity index (χ3v) is 3.91. The van der Waals surface area contributed by atoms with Crippen molar-refractivity contribution >= 4 is 23.4 Å². The lowest BCUT2D eigenvalue weighted by molar-refractivity contribution is -0.152. The summed E-state index contributed by atoms with van der Waals surface area (Å²) in [6.07, 6.45) is 4.30. The number of esters is 1. The number of Topliss-reactive ketones (excluding diaryl/α,β-unsaturated/α-hetero) is 1. The molecule has 0 spiro atoms. The van der Waals surface area contributed by atoms with Gasteiger partial charge in [0.1, 0.15) is 0 Å². The Kier molecular flexibility index (Phi) is 3.33. The standard InChI is InChI=1S/C12H15ClO3/c1-2-16-12(15)11(14)9-7-5-3-4-6-8(7)10(9)13/h7-8H,2-6H2,1H3. The minimum Gasteiger partial charge on any atom is -0.460 e. The zero-order valence-electron chi connectivity index (χ0n) is 9.29. The van der Waals surface area contributed by atoms with Crippen molar-refractivity contribution in [3.05, 3.63) is 10.6 Å². The van der Waals surface area contributed by atoms with Crippen LogP contribution in [0.3, 0.4) is 0 Å². The van der Waals surface area contributed by atoms with Gasteiger partial charge >= 0.3 is 5.97 Å². The van der Waals surface area contributed by atoms with Crippen LogP contribution in [-0.4, -0.2) is 18.4 Å². The fourth-order valence-electron chi connectivity index (χ4n) is 2.64. The number of hydrogen-bond donors (Lipinski definition) is 0. The Balaban J connectivity index is 2.12. The average Bonchev–Trinajstić information content (AvgIpc) is 2.29. The van der Waals surface area contributed by atoms with Crippen LogP contribution in [0.2, 0.25) is 0 Å². The van der Waals surface area contributed by atoms with Gasteiger partial charge in [0, 0.05) is 16.5 Å². The van der Waals surface area contributed by atoms with Crippen LogP contribution < -0.4 is 0 Å². The first-order valence-electron chi connectivity index (χ1n) is 5.77. The van der Waals surface area contributed by atoms with E-state index in [1.54, 1.807) is 6.92 Å². The summed E-state index contributed by atoms with van der Waals surface area (Å²) in [6.45, 7) is 1.91. The Morgan fingerprint density at radius 3 is 2.56 bits per heavy atom. The molecule has 0 bridgehead atoms. The highest BCUT2D eigenvalue weighted by Gasteiger charge is 2.45. The number of carbonyl (C=O) groups is 2. The number of carbonyl (C=O) groups excluding carboxylic acids is 2. The molecule has 1 saturated carbocycles. The molecule has 0 amide bonds. The summed E-state index contributed by atoms with van der Waals surface area (Å²) in [4.78, 5) is 23.1. The molecular formula is C12H15ClO3. The quantitative estimate of drug-likeness (QED) is 0.564. The van der Waals surface area contributed by atoms with Crippen LogP contribution in [-0.2, 0) is 14.3 Å². The van der Waals surface area contributed by atoms with E-state index in [1.165, 1.54) is 0 Å². The number of ether oxygens (including phenoxy) is 1. The number of halogens is 1. The van der Waals surface area contributed by atoms with E-state index in [1.807, 2.05) is 0 Å². The van der Waals surface area contributed by atoms with Crippen molar-refractivity contribution in [2.24, 2.45) is 11.8 Å². The van der Waals surface area contributed by atoms with Crippen molar-refractivity contribution in [3.8, 4) is 0 Å². The molecular weight excluding hydrogens is 228 g/mol. The predicted molar refractivity (Wildman–Crippen MR) is 60.0 cm³/mol. The molecule has 2 aliphatic carbocycles. The normalized spacial score (nSPS) is 28.1. The molecule has 2 unspecified atom stereocenters. The van der Waals surface area contributed by atoms with Gasteiger partial charge in [-0.1, -0.05) is 24.4 Å². The number of ketones is 1. The van der Waals surface area contributed by atoms with E-state index < -0.39 is 11.8 Å². The lowest BCUT2D eigenvalue weighted by Gasteiger charge is -2.41. The SMILES string of the molecule is CCOC(=O)C(=O)C1=C(Cl)C2CCCCC12. The molecule has 4 heteroatoms. The van der Waals surface area contributed by atoms with E-state index >= 15 is 0 Å². The maximum absolute atomic E-state index is 11.8. The fourth-order valence-corrected chi connectivity index (χ4v) is 3.13. The zero-order valence-corrected chi connectivity index (χ0v) is 10.0. The second-order valence-electron chi connectivity index (χ2n) is 4.31. The molecule has 16 heavy (non-hydrogen) atoms. The van der Waals surface area contributed by atoms with E-state index in [-0.39, 0.29) is 12.5 Å². The van der Waals surface area contributed by atoms with Crippen LogP contribution in [0.5, 0.6) is 0 Å². The Hall–Kier alpha value is -0.830. The van der Waals surface area contributed by atoms with E-state index in [0.717, 1.165) is 25.7 Å². The molecule has 0 heterocycles. The minimum absolute atomic E-state index is 0.207. The molecule has 1 fully saturated rings. The predicted octanol–water partition coefficient (Wildman–Crippen LogP) is 2.43. The number of rotatable bonds is 3. The van der Waals surface area contributed by atoms with Crippen LogP contribution in [0.1, 0.15) is 32.6 Å². The van der Waals surface area contributed by atoms with Crippen molar-refractivity contribution < 1.29 is 14.3 Å². The molecule has 0 aromatic rings. The average molecular weight is 243 g/mol. The summed E-state index contributed by atoms with van der Waals surface area (Å²) >= 11 is 6.08. The second kappa shape index (κ2) is 4.58. The largest absolute Gasteiger partial charge is 0.460 e. The van der Waals surface area contributed by atoms with Gasteiger partial charge < -0.3 is 4.74 Å². The first kappa shape index (κ1) is 11.6. The molecule has 2 rings (SSSR count). The Morgan fingerprint density at radius 1 is 1.31 bits per heavy atom. The van der Waals surface area contributed by atoms with Crippen molar-refractivity contribution in [2.45, 2.75) is 32.6 Å². The Morgan fingerprint density at radius 2 is 1.94 bits per heavy atom. The summed E-state index contributed by atoms with van der Waals surface area (Å²) < 4.78 is 4.71. The maximum Gasteiger partial charge on any atom is 0.379 e. The molecule has 0 aromatic carbocycles. The van der Waals surface area contributed by atoms with Gasteiger partial charge in [-0.3, -0.25) is 4.79 Å². The van der Waals surface area contributed by atoms with E-state index in [0.29, 0.717) is 16.5 Å². The number of fused-ring (bicyclic) bond motifs is 1. The summed E-state index contributed by atoms with van der Waals surface area (Å²) in [7, 11) is 0. The number of hydrogen-bond acceptors (Lipinski definition) is 3. The van der Waals surface area contributed by atoms with Crippen LogP contribution in [0.15, 0.2) is 10.6 Å². The van der Waals surface area contributed by atoms with E-state index in [4.69, 9.17) is 16.3 Å². The van der Waals surface area contributed by atoms with Crippen LogP contribution in [0.25, 0.3) is 0 Å².